The maximum atomic E-state index is 10.9. The SMILES string of the molecule is OC1C2CSCC1C(c1ccccc1)NC2c1ccccc1. The second-order valence-corrected chi connectivity index (χ2v) is 7.37. The lowest BCUT2D eigenvalue weighted by Crippen LogP contribution is -2.54. The first-order chi connectivity index (χ1) is 10.8. The van der Waals surface area contributed by atoms with Crippen molar-refractivity contribution in [2.75, 3.05) is 11.5 Å². The quantitative estimate of drug-likeness (QED) is 0.891. The lowest BCUT2D eigenvalue weighted by molar-refractivity contribution is -0.00724. The molecule has 2 heterocycles. The predicted octanol–water partition coefficient (Wildman–Crippen LogP) is 3.41. The fraction of sp³-hybridized carbons (Fsp3) is 0.368. The third-order valence-corrected chi connectivity index (χ3v) is 6.27. The van der Waals surface area contributed by atoms with E-state index in [2.05, 4.69) is 66.0 Å². The van der Waals surface area contributed by atoms with Gasteiger partial charge < -0.3 is 10.4 Å². The lowest BCUT2D eigenvalue weighted by atomic mass is 9.74. The first-order valence-electron chi connectivity index (χ1n) is 7.96. The van der Waals surface area contributed by atoms with E-state index in [9.17, 15) is 5.11 Å². The van der Waals surface area contributed by atoms with Gasteiger partial charge in [-0.3, -0.25) is 0 Å². The van der Waals surface area contributed by atoms with Crippen LogP contribution in [0.4, 0.5) is 0 Å². The molecule has 0 aliphatic carbocycles. The van der Waals surface area contributed by atoms with Crippen molar-refractivity contribution in [3.8, 4) is 0 Å². The highest BCUT2D eigenvalue weighted by Gasteiger charge is 2.46. The predicted molar refractivity (Wildman–Crippen MR) is 91.8 cm³/mol. The van der Waals surface area contributed by atoms with Gasteiger partial charge in [-0.1, -0.05) is 60.7 Å². The maximum Gasteiger partial charge on any atom is 0.0648 e. The topological polar surface area (TPSA) is 32.3 Å². The van der Waals surface area contributed by atoms with Crippen molar-refractivity contribution in [1.29, 1.82) is 0 Å². The normalized spacial score (nSPS) is 34.3. The van der Waals surface area contributed by atoms with Crippen molar-refractivity contribution in [3.63, 3.8) is 0 Å². The van der Waals surface area contributed by atoms with Crippen molar-refractivity contribution in [1.82, 2.24) is 5.32 Å². The number of benzene rings is 2. The van der Waals surface area contributed by atoms with Crippen molar-refractivity contribution in [2.45, 2.75) is 18.2 Å². The molecule has 2 nitrogen and oxygen atoms in total. The van der Waals surface area contributed by atoms with Gasteiger partial charge >= 0.3 is 0 Å². The Bertz CT molecular complexity index is 564. The molecule has 2 bridgehead atoms. The zero-order valence-corrected chi connectivity index (χ0v) is 13.2. The van der Waals surface area contributed by atoms with Crippen LogP contribution < -0.4 is 5.32 Å². The molecule has 2 N–H and O–H groups in total. The van der Waals surface area contributed by atoms with Crippen molar-refractivity contribution in [2.24, 2.45) is 11.8 Å². The Morgan fingerprint density at radius 1 is 0.773 bits per heavy atom. The van der Waals surface area contributed by atoms with Gasteiger partial charge in [-0.05, 0) is 11.1 Å². The van der Waals surface area contributed by atoms with Gasteiger partial charge in [0.25, 0.3) is 0 Å². The summed E-state index contributed by atoms with van der Waals surface area (Å²) in [4.78, 5) is 0. The van der Waals surface area contributed by atoms with Crippen molar-refractivity contribution in [3.05, 3.63) is 71.8 Å². The molecular weight excluding hydrogens is 290 g/mol. The fourth-order valence-corrected chi connectivity index (χ4v) is 5.35. The number of hydrogen-bond donors (Lipinski definition) is 2. The van der Waals surface area contributed by atoms with Gasteiger partial charge in [0.1, 0.15) is 0 Å². The highest BCUT2D eigenvalue weighted by Crippen LogP contribution is 2.46. The third kappa shape index (κ3) is 2.47. The number of fused-ring (bicyclic) bond motifs is 2. The molecular formula is C19H21NOS. The smallest absolute Gasteiger partial charge is 0.0648 e. The number of rotatable bonds is 2. The first kappa shape index (κ1) is 14.3. The second-order valence-electron chi connectivity index (χ2n) is 6.30. The van der Waals surface area contributed by atoms with E-state index >= 15 is 0 Å². The molecule has 4 rings (SSSR count). The third-order valence-electron chi connectivity index (χ3n) is 5.03. The van der Waals surface area contributed by atoms with Crippen LogP contribution in [-0.4, -0.2) is 22.7 Å². The number of thioether (sulfide) groups is 1. The Balaban J connectivity index is 1.71. The van der Waals surface area contributed by atoms with E-state index in [4.69, 9.17) is 0 Å². The van der Waals surface area contributed by atoms with Crippen LogP contribution in [0.25, 0.3) is 0 Å². The monoisotopic (exact) mass is 311 g/mol. The lowest BCUT2D eigenvalue weighted by Gasteiger charge is -2.49. The van der Waals surface area contributed by atoms with Crippen LogP contribution in [0.2, 0.25) is 0 Å². The maximum absolute atomic E-state index is 10.9. The molecule has 2 aromatic rings. The Kier molecular flexibility index (Phi) is 3.95. The minimum atomic E-state index is -0.224. The Morgan fingerprint density at radius 3 is 1.68 bits per heavy atom. The van der Waals surface area contributed by atoms with Gasteiger partial charge in [0.2, 0.25) is 0 Å². The highest BCUT2D eigenvalue weighted by atomic mass is 32.2. The van der Waals surface area contributed by atoms with Gasteiger partial charge in [-0.25, -0.2) is 0 Å². The molecule has 2 aliphatic rings. The molecule has 114 valence electrons. The van der Waals surface area contributed by atoms with E-state index in [1.54, 1.807) is 0 Å². The summed E-state index contributed by atoms with van der Waals surface area (Å²) in [6.07, 6.45) is -0.224. The van der Waals surface area contributed by atoms with E-state index in [1.165, 1.54) is 11.1 Å². The van der Waals surface area contributed by atoms with Gasteiger partial charge in [0.15, 0.2) is 0 Å². The minimum absolute atomic E-state index is 0.224. The van der Waals surface area contributed by atoms with Crippen LogP contribution in [0.15, 0.2) is 60.7 Å². The molecule has 4 unspecified atom stereocenters. The number of aliphatic hydroxyl groups excluding tert-OH is 1. The first-order valence-corrected chi connectivity index (χ1v) is 9.12. The van der Waals surface area contributed by atoms with E-state index in [0.29, 0.717) is 11.8 Å². The van der Waals surface area contributed by atoms with E-state index in [-0.39, 0.29) is 18.2 Å². The van der Waals surface area contributed by atoms with Crippen LogP contribution in [0.1, 0.15) is 23.2 Å². The molecule has 3 heteroatoms. The largest absolute Gasteiger partial charge is 0.392 e. The van der Waals surface area contributed by atoms with Crippen LogP contribution in [-0.2, 0) is 0 Å². The van der Waals surface area contributed by atoms with E-state index in [1.807, 2.05) is 11.8 Å². The summed E-state index contributed by atoms with van der Waals surface area (Å²) in [7, 11) is 0. The molecule has 0 radical (unpaired) electrons. The van der Waals surface area contributed by atoms with Gasteiger partial charge in [0.05, 0.1) is 6.10 Å². The number of piperidine rings is 1. The molecule has 2 aromatic carbocycles. The summed E-state index contributed by atoms with van der Waals surface area (Å²) >= 11 is 1.99. The standard InChI is InChI=1S/C19H21NOS/c21-19-15-11-22-12-16(19)18(14-9-5-2-6-10-14)20-17(15)13-7-3-1-4-8-13/h1-10,15-21H,11-12H2. The Morgan fingerprint density at radius 2 is 1.23 bits per heavy atom. The summed E-state index contributed by atoms with van der Waals surface area (Å²) in [5.41, 5.74) is 2.57. The Labute approximate surface area is 135 Å². The Hall–Kier alpha value is -1.29. The molecule has 2 aliphatic heterocycles. The van der Waals surface area contributed by atoms with Crippen molar-refractivity contribution < 1.29 is 5.11 Å². The molecule has 22 heavy (non-hydrogen) atoms. The average molecular weight is 311 g/mol. The van der Waals surface area contributed by atoms with E-state index < -0.39 is 0 Å². The number of aliphatic hydroxyl groups is 1. The molecule has 2 saturated heterocycles. The van der Waals surface area contributed by atoms with E-state index in [0.717, 1.165) is 11.5 Å². The summed E-state index contributed by atoms with van der Waals surface area (Å²) in [6, 6.07) is 21.6. The average Bonchev–Trinajstić information content (AvgIpc) is 2.57. The van der Waals surface area contributed by atoms with Crippen LogP contribution in [0, 0.1) is 11.8 Å². The molecule has 0 spiro atoms. The van der Waals surface area contributed by atoms with Gasteiger partial charge in [0, 0.05) is 35.4 Å². The molecule has 0 amide bonds. The van der Waals surface area contributed by atoms with Crippen molar-refractivity contribution >= 4 is 11.8 Å². The summed E-state index contributed by atoms with van der Waals surface area (Å²) in [6.45, 7) is 0. The van der Waals surface area contributed by atoms with Crippen LogP contribution >= 0.6 is 11.8 Å². The zero-order valence-electron chi connectivity index (χ0n) is 12.4. The van der Waals surface area contributed by atoms with Crippen LogP contribution in [0.3, 0.4) is 0 Å². The molecule has 0 aromatic heterocycles. The fourth-order valence-electron chi connectivity index (χ4n) is 3.89. The van der Waals surface area contributed by atoms with Gasteiger partial charge in [-0.15, -0.1) is 0 Å². The van der Waals surface area contributed by atoms with Crippen LogP contribution in [0.5, 0.6) is 0 Å². The zero-order chi connectivity index (χ0) is 14.9. The summed E-state index contributed by atoms with van der Waals surface area (Å²) in [5.74, 6) is 2.66. The van der Waals surface area contributed by atoms with Gasteiger partial charge in [-0.2, -0.15) is 11.8 Å². The number of hydrogen-bond acceptors (Lipinski definition) is 3. The highest BCUT2D eigenvalue weighted by molar-refractivity contribution is 7.99. The molecule has 0 saturated carbocycles. The molecule has 2 fully saturated rings. The second kappa shape index (κ2) is 6.07. The minimum Gasteiger partial charge on any atom is -0.392 e. The summed E-state index contributed by atoms with van der Waals surface area (Å²) in [5, 5.41) is 14.7. The number of nitrogens with one attached hydrogen (secondary N) is 1. The summed E-state index contributed by atoms with van der Waals surface area (Å²) < 4.78 is 0. The molecule has 4 atom stereocenters.